The van der Waals surface area contributed by atoms with Crippen LogP contribution in [0.3, 0.4) is 0 Å². The summed E-state index contributed by atoms with van der Waals surface area (Å²) in [6.45, 7) is 3.97. The number of carbonyl (C=O) groups is 2. The Morgan fingerprint density at radius 3 is 2.46 bits per heavy atom. The van der Waals surface area contributed by atoms with E-state index in [1.54, 1.807) is 6.07 Å². The van der Waals surface area contributed by atoms with Crippen molar-refractivity contribution >= 4 is 11.9 Å². The van der Waals surface area contributed by atoms with Gasteiger partial charge in [0.15, 0.2) is 0 Å². The Morgan fingerprint density at radius 2 is 1.83 bits per heavy atom. The van der Waals surface area contributed by atoms with Gasteiger partial charge in [0, 0.05) is 6.42 Å². The number of nitrogens with one attached hydrogen (secondary N) is 1. The molecule has 1 amide bonds. The summed E-state index contributed by atoms with van der Waals surface area (Å²) in [5.74, 6) is -1.85. The fourth-order valence-corrected chi connectivity index (χ4v) is 2.38. The van der Waals surface area contributed by atoms with E-state index in [9.17, 15) is 14.0 Å². The second kappa shape index (κ2) is 7.73. The maximum atomic E-state index is 13.7. The quantitative estimate of drug-likeness (QED) is 0.858. The van der Waals surface area contributed by atoms with Crippen LogP contribution in [-0.2, 0) is 16.0 Å². The molecule has 4 nitrogen and oxygen atoms in total. The lowest BCUT2D eigenvalue weighted by atomic mass is 10.0. The van der Waals surface area contributed by atoms with E-state index >= 15 is 0 Å². The number of aryl methyl sites for hydroxylation is 2. The van der Waals surface area contributed by atoms with Crippen LogP contribution < -0.4 is 5.32 Å². The highest BCUT2D eigenvalue weighted by atomic mass is 19.1. The normalized spacial score (nSPS) is 11.7. The number of hydrogen-bond acceptors (Lipinski definition) is 3. The van der Waals surface area contributed by atoms with E-state index in [1.807, 2.05) is 32.0 Å². The lowest BCUT2D eigenvalue weighted by Gasteiger charge is -2.17. The first-order valence-corrected chi connectivity index (χ1v) is 7.61. The van der Waals surface area contributed by atoms with Crippen LogP contribution in [-0.4, -0.2) is 25.0 Å². The molecule has 0 aliphatic carbocycles. The first-order valence-electron chi connectivity index (χ1n) is 7.61. The molecule has 0 saturated heterocycles. The van der Waals surface area contributed by atoms with E-state index < -0.39 is 23.7 Å². The molecule has 5 heteroatoms. The van der Waals surface area contributed by atoms with Gasteiger partial charge in [-0.05, 0) is 42.7 Å². The summed E-state index contributed by atoms with van der Waals surface area (Å²) in [7, 11) is 1.25. The number of amides is 1. The topological polar surface area (TPSA) is 55.4 Å². The summed E-state index contributed by atoms with van der Waals surface area (Å²) in [6, 6.07) is 10.6. The molecule has 0 radical (unpaired) electrons. The molecule has 0 heterocycles. The largest absolute Gasteiger partial charge is 0.467 e. The van der Waals surface area contributed by atoms with E-state index in [1.165, 1.54) is 25.3 Å². The van der Waals surface area contributed by atoms with Crippen molar-refractivity contribution in [3.63, 3.8) is 0 Å². The molecule has 0 spiro atoms. The van der Waals surface area contributed by atoms with Gasteiger partial charge in [-0.1, -0.05) is 30.3 Å². The highest BCUT2D eigenvalue weighted by molar-refractivity contribution is 5.97. The Bertz CT molecular complexity index is 758. The van der Waals surface area contributed by atoms with Gasteiger partial charge in [-0.25, -0.2) is 9.18 Å². The molecule has 126 valence electrons. The van der Waals surface area contributed by atoms with Crippen molar-refractivity contribution in [1.82, 2.24) is 5.32 Å². The van der Waals surface area contributed by atoms with Crippen LogP contribution in [0.25, 0.3) is 0 Å². The number of halogens is 1. The predicted octanol–water partition coefficient (Wildman–Crippen LogP) is 2.96. The molecule has 2 aromatic rings. The molecular weight excluding hydrogens is 309 g/mol. The molecule has 1 N–H and O–H groups in total. The van der Waals surface area contributed by atoms with Gasteiger partial charge in [0.2, 0.25) is 0 Å². The highest BCUT2D eigenvalue weighted by Crippen LogP contribution is 2.13. The van der Waals surface area contributed by atoms with Crippen LogP contribution in [0.2, 0.25) is 0 Å². The molecule has 0 fully saturated rings. The van der Waals surface area contributed by atoms with Gasteiger partial charge in [0.1, 0.15) is 11.9 Å². The highest BCUT2D eigenvalue weighted by Gasteiger charge is 2.23. The van der Waals surface area contributed by atoms with E-state index in [0.717, 1.165) is 16.7 Å². The maximum Gasteiger partial charge on any atom is 0.328 e. The van der Waals surface area contributed by atoms with E-state index in [2.05, 4.69) is 5.32 Å². The average Bonchev–Trinajstić information content (AvgIpc) is 2.57. The summed E-state index contributed by atoms with van der Waals surface area (Å²) in [4.78, 5) is 24.2. The van der Waals surface area contributed by atoms with Crippen LogP contribution in [0.5, 0.6) is 0 Å². The minimum Gasteiger partial charge on any atom is -0.467 e. The van der Waals surface area contributed by atoms with Gasteiger partial charge in [0.25, 0.3) is 5.91 Å². The van der Waals surface area contributed by atoms with E-state index in [0.29, 0.717) is 0 Å². The summed E-state index contributed by atoms with van der Waals surface area (Å²) >= 11 is 0. The molecule has 24 heavy (non-hydrogen) atoms. The van der Waals surface area contributed by atoms with Crippen molar-refractivity contribution in [1.29, 1.82) is 0 Å². The Balaban J connectivity index is 2.19. The Hall–Kier alpha value is -2.69. The fraction of sp³-hybridized carbons (Fsp3) is 0.263. The third kappa shape index (κ3) is 4.19. The van der Waals surface area contributed by atoms with Crippen molar-refractivity contribution in [2.24, 2.45) is 0 Å². The standard InChI is InChI=1S/C19H20FNO3/c1-12-8-9-14(10-13(12)2)11-17(19(23)24-3)21-18(22)15-6-4-5-7-16(15)20/h4-10,17H,11H2,1-3H3,(H,21,22)/t17-/m0/s1. The van der Waals surface area contributed by atoms with Gasteiger partial charge in [-0.3, -0.25) is 4.79 Å². The first kappa shape index (κ1) is 17.7. The molecule has 2 aromatic carbocycles. The number of methoxy groups -OCH3 is 1. The second-order valence-corrected chi connectivity index (χ2v) is 5.65. The van der Waals surface area contributed by atoms with Crippen LogP contribution in [0, 0.1) is 19.7 Å². The van der Waals surface area contributed by atoms with Crippen molar-refractivity contribution in [3.05, 3.63) is 70.5 Å². The zero-order valence-electron chi connectivity index (χ0n) is 13.9. The first-order chi connectivity index (χ1) is 11.4. The molecular formula is C19H20FNO3. The van der Waals surface area contributed by atoms with E-state index in [4.69, 9.17) is 4.74 Å². The van der Waals surface area contributed by atoms with Crippen molar-refractivity contribution in [2.45, 2.75) is 26.3 Å². The summed E-state index contributed by atoms with van der Waals surface area (Å²) < 4.78 is 18.5. The zero-order chi connectivity index (χ0) is 17.7. The minimum absolute atomic E-state index is 0.105. The number of benzene rings is 2. The Morgan fingerprint density at radius 1 is 1.12 bits per heavy atom. The van der Waals surface area contributed by atoms with Crippen LogP contribution in [0.15, 0.2) is 42.5 Å². The maximum absolute atomic E-state index is 13.7. The molecule has 0 saturated carbocycles. The third-order valence-corrected chi connectivity index (χ3v) is 3.92. The summed E-state index contributed by atoms with van der Waals surface area (Å²) in [6.07, 6.45) is 0.272. The van der Waals surface area contributed by atoms with Crippen LogP contribution >= 0.6 is 0 Å². The van der Waals surface area contributed by atoms with Crippen LogP contribution in [0.4, 0.5) is 4.39 Å². The van der Waals surface area contributed by atoms with Gasteiger partial charge < -0.3 is 10.1 Å². The fourth-order valence-electron chi connectivity index (χ4n) is 2.38. The minimum atomic E-state index is -0.885. The molecule has 1 atom stereocenters. The summed E-state index contributed by atoms with van der Waals surface area (Å²) in [5, 5.41) is 2.55. The molecule has 2 rings (SSSR count). The smallest absolute Gasteiger partial charge is 0.328 e. The van der Waals surface area contributed by atoms with Gasteiger partial charge in [-0.15, -0.1) is 0 Å². The predicted molar refractivity (Wildman–Crippen MR) is 89.3 cm³/mol. The molecule has 0 bridgehead atoms. The van der Waals surface area contributed by atoms with Crippen molar-refractivity contribution in [3.8, 4) is 0 Å². The van der Waals surface area contributed by atoms with Gasteiger partial charge >= 0.3 is 5.97 Å². The molecule has 0 aliphatic heterocycles. The summed E-state index contributed by atoms with van der Waals surface area (Å²) in [5.41, 5.74) is 3.02. The van der Waals surface area contributed by atoms with E-state index in [-0.39, 0.29) is 12.0 Å². The number of esters is 1. The van der Waals surface area contributed by atoms with Crippen LogP contribution in [0.1, 0.15) is 27.0 Å². The molecule has 0 aliphatic rings. The SMILES string of the molecule is COC(=O)[C@H](Cc1ccc(C)c(C)c1)NC(=O)c1ccccc1F. The average molecular weight is 329 g/mol. The van der Waals surface area contributed by atoms with Gasteiger partial charge in [0.05, 0.1) is 12.7 Å². The lowest BCUT2D eigenvalue weighted by molar-refractivity contribution is -0.142. The Labute approximate surface area is 140 Å². The number of hydrogen-bond donors (Lipinski definition) is 1. The van der Waals surface area contributed by atoms with Crippen molar-refractivity contribution < 1.29 is 18.7 Å². The Kier molecular flexibility index (Phi) is 5.68. The number of ether oxygens (including phenoxy) is 1. The molecule has 0 unspecified atom stereocenters. The second-order valence-electron chi connectivity index (χ2n) is 5.65. The lowest BCUT2D eigenvalue weighted by Crippen LogP contribution is -2.43. The zero-order valence-corrected chi connectivity index (χ0v) is 13.9. The number of carbonyl (C=O) groups excluding carboxylic acids is 2. The third-order valence-electron chi connectivity index (χ3n) is 3.92. The van der Waals surface area contributed by atoms with Crippen molar-refractivity contribution in [2.75, 3.05) is 7.11 Å². The van der Waals surface area contributed by atoms with Gasteiger partial charge in [-0.2, -0.15) is 0 Å². The monoisotopic (exact) mass is 329 g/mol. The number of rotatable bonds is 5. The molecule has 0 aromatic heterocycles.